The van der Waals surface area contributed by atoms with Crippen molar-refractivity contribution in [3.8, 4) is 0 Å². The van der Waals surface area contributed by atoms with Gasteiger partial charge in [-0.25, -0.2) is 13.2 Å². The van der Waals surface area contributed by atoms with Gasteiger partial charge in [0, 0.05) is 12.3 Å². The number of nitrogens with one attached hydrogen (secondary N) is 1. The highest BCUT2D eigenvalue weighted by Gasteiger charge is 2.31. The number of benzene rings is 2. The first kappa shape index (κ1) is 25.1. The van der Waals surface area contributed by atoms with Gasteiger partial charge in [-0.2, -0.15) is 13.2 Å². The summed E-state index contributed by atoms with van der Waals surface area (Å²) >= 11 is 5.79. The molecule has 14 heteroatoms. The second-order valence-electron chi connectivity index (χ2n) is 6.44. The van der Waals surface area contributed by atoms with Crippen LogP contribution in [0.4, 0.5) is 24.5 Å². The SMILES string of the molecule is C[C@H](OC(=O)c1ccc(S(C)(=O)=O)c([N+](=O)[O-])c1)C(=O)Nc1cc(C(F)(F)F)ccc1Cl. The molecule has 2 aromatic rings. The standard InChI is InChI=1S/C18H14ClF3N2O7S/c1-9(16(25)23-13-8-11(18(20,21)22)4-5-12(13)19)31-17(26)10-3-6-15(32(2,29)30)14(7-10)24(27)28/h3-9H,1-2H3,(H,23,25)/t9-/m0/s1. The quantitative estimate of drug-likeness (QED) is 0.366. The smallest absolute Gasteiger partial charge is 0.416 e. The highest BCUT2D eigenvalue weighted by atomic mass is 35.5. The lowest BCUT2D eigenvalue weighted by Crippen LogP contribution is -2.30. The molecule has 32 heavy (non-hydrogen) atoms. The number of hydrogen-bond acceptors (Lipinski definition) is 7. The lowest BCUT2D eigenvalue weighted by Gasteiger charge is -2.15. The summed E-state index contributed by atoms with van der Waals surface area (Å²) in [5.74, 6) is -2.23. The van der Waals surface area contributed by atoms with Gasteiger partial charge in [0.15, 0.2) is 15.9 Å². The van der Waals surface area contributed by atoms with Gasteiger partial charge in [0.1, 0.15) is 4.90 Å². The molecular formula is C18H14ClF3N2O7S. The van der Waals surface area contributed by atoms with Crippen LogP contribution in [-0.2, 0) is 25.5 Å². The number of amides is 1. The maximum Gasteiger partial charge on any atom is 0.416 e. The summed E-state index contributed by atoms with van der Waals surface area (Å²) in [6, 6.07) is 4.72. The van der Waals surface area contributed by atoms with Crippen LogP contribution in [-0.4, -0.2) is 37.6 Å². The number of rotatable bonds is 6. The molecule has 0 radical (unpaired) electrons. The van der Waals surface area contributed by atoms with E-state index in [1.807, 2.05) is 0 Å². The second-order valence-corrected chi connectivity index (χ2v) is 8.83. The maximum absolute atomic E-state index is 12.8. The molecule has 1 N–H and O–H groups in total. The Balaban J connectivity index is 2.20. The van der Waals surface area contributed by atoms with Gasteiger partial charge in [-0.15, -0.1) is 0 Å². The molecule has 0 spiro atoms. The Bertz CT molecular complexity index is 1200. The number of hydrogen-bond donors (Lipinski definition) is 1. The molecule has 0 aliphatic carbocycles. The van der Waals surface area contributed by atoms with Gasteiger partial charge in [0.2, 0.25) is 0 Å². The number of nitro benzene ring substituents is 1. The minimum absolute atomic E-state index is 0.197. The predicted octanol–water partition coefficient (Wildman–Crippen LogP) is 3.85. The first-order valence-corrected chi connectivity index (χ1v) is 10.7. The average Bonchev–Trinajstić information content (AvgIpc) is 2.67. The van der Waals surface area contributed by atoms with Crippen LogP contribution in [0.5, 0.6) is 0 Å². The number of nitro groups is 1. The highest BCUT2D eigenvalue weighted by molar-refractivity contribution is 7.90. The van der Waals surface area contributed by atoms with Crippen LogP contribution in [0, 0.1) is 10.1 Å². The summed E-state index contributed by atoms with van der Waals surface area (Å²) < 4.78 is 66.7. The fraction of sp³-hybridized carbons (Fsp3) is 0.222. The summed E-state index contributed by atoms with van der Waals surface area (Å²) in [6.07, 6.45) is -5.48. The minimum atomic E-state index is -4.69. The van der Waals surface area contributed by atoms with Crippen molar-refractivity contribution in [3.63, 3.8) is 0 Å². The van der Waals surface area contributed by atoms with Crippen molar-refractivity contribution in [1.29, 1.82) is 0 Å². The molecule has 0 aromatic heterocycles. The molecule has 0 bridgehead atoms. The van der Waals surface area contributed by atoms with Crippen LogP contribution in [0.2, 0.25) is 5.02 Å². The third-order valence-electron chi connectivity index (χ3n) is 4.00. The molecule has 0 fully saturated rings. The van der Waals surface area contributed by atoms with E-state index in [0.29, 0.717) is 18.2 Å². The summed E-state index contributed by atoms with van der Waals surface area (Å²) in [5.41, 5.74) is -2.72. The zero-order valence-corrected chi connectivity index (χ0v) is 17.8. The van der Waals surface area contributed by atoms with Crippen molar-refractivity contribution >= 4 is 44.7 Å². The van der Waals surface area contributed by atoms with Gasteiger partial charge >= 0.3 is 12.1 Å². The zero-order valence-electron chi connectivity index (χ0n) is 16.3. The van der Waals surface area contributed by atoms with E-state index in [1.54, 1.807) is 0 Å². The average molecular weight is 495 g/mol. The molecule has 0 heterocycles. The van der Waals surface area contributed by atoms with Crippen molar-refractivity contribution in [1.82, 2.24) is 0 Å². The fourth-order valence-electron chi connectivity index (χ4n) is 2.41. The van der Waals surface area contributed by atoms with Crippen molar-refractivity contribution in [2.45, 2.75) is 24.1 Å². The van der Waals surface area contributed by atoms with E-state index >= 15 is 0 Å². The molecule has 2 rings (SSSR count). The van der Waals surface area contributed by atoms with Gasteiger partial charge < -0.3 is 10.1 Å². The molecule has 0 saturated carbocycles. The van der Waals surface area contributed by atoms with Crippen molar-refractivity contribution in [2.75, 3.05) is 11.6 Å². The molecule has 1 atom stereocenters. The van der Waals surface area contributed by atoms with E-state index in [-0.39, 0.29) is 10.7 Å². The van der Waals surface area contributed by atoms with Gasteiger partial charge in [-0.05, 0) is 37.3 Å². The largest absolute Gasteiger partial charge is 0.449 e. The Kier molecular flexibility index (Phi) is 7.15. The van der Waals surface area contributed by atoms with Gasteiger partial charge in [-0.1, -0.05) is 11.6 Å². The summed E-state index contributed by atoms with van der Waals surface area (Å²) in [6.45, 7) is 1.11. The first-order chi connectivity index (χ1) is 14.6. The van der Waals surface area contributed by atoms with E-state index in [2.05, 4.69) is 5.32 Å². The van der Waals surface area contributed by atoms with Crippen LogP contribution in [0.1, 0.15) is 22.8 Å². The normalized spacial score (nSPS) is 12.7. The van der Waals surface area contributed by atoms with E-state index in [9.17, 15) is 41.3 Å². The van der Waals surface area contributed by atoms with Crippen molar-refractivity contribution in [3.05, 3.63) is 62.7 Å². The van der Waals surface area contributed by atoms with E-state index in [1.165, 1.54) is 0 Å². The Morgan fingerprint density at radius 3 is 2.34 bits per heavy atom. The molecule has 9 nitrogen and oxygen atoms in total. The van der Waals surface area contributed by atoms with Gasteiger partial charge in [-0.3, -0.25) is 14.9 Å². The molecular weight excluding hydrogens is 481 g/mol. The molecule has 172 valence electrons. The monoisotopic (exact) mass is 494 g/mol. The number of alkyl halides is 3. The molecule has 0 aliphatic heterocycles. The summed E-state index contributed by atoms with van der Waals surface area (Å²) in [5, 5.41) is 13.0. The van der Waals surface area contributed by atoms with Crippen LogP contribution in [0.15, 0.2) is 41.3 Å². The lowest BCUT2D eigenvalue weighted by atomic mass is 10.2. The number of ether oxygens (including phenoxy) is 1. The van der Waals surface area contributed by atoms with Crippen molar-refractivity contribution in [2.24, 2.45) is 0 Å². The summed E-state index contributed by atoms with van der Waals surface area (Å²) in [4.78, 5) is 34.0. The molecule has 0 unspecified atom stereocenters. The van der Waals surface area contributed by atoms with Crippen LogP contribution < -0.4 is 5.32 Å². The number of carbonyl (C=O) groups is 2. The van der Waals surface area contributed by atoms with Gasteiger partial charge in [0.05, 0.1) is 26.8 Å². The number of sulfone groups is 1. The van der Waals surface area contributed by atoms with Crippen LogP contribution >= 0.6 is 11.6 Å². The van der Waals surface area contributed by atoms with Crippen LogP contribution in [0.25, 0.3) is 0 Å². The molecule has 0 saturated heterocycles. The van der Waals surface area contributed by atoms with E-state index in [4.69, 9.17) is 16.3 Å². The Labute approximate surface area is 184 Å². The fourth-order valence-corrected chi connectivity index (χ4v) is 3.41. The van der Waals surface area contributed by atoms with Crippen LogP contribution in [0.3, 0.4) is 0 Å². The molecule has 0 aliphatic rings. The summed E-state index contributed by atoms with van der Waals surface area (Å²) in [7, 11) is -3.96. The Morgan fingerprint density at radius 2 is 1.81 bits per heavy atom. The van der Waals surface area contributed by atoms with Crippen molar-refractivity contribution < 1.29 is 40.8 Å². The predicted molar refractivity (Wildman–Crippen MR) is 106 cm³/mol. The number of anilines is 1. The third-order valence-corrected chi connectivity index (χ3v) is 5.47. The molecule has 1 amide bonds. The lowest BCUT2D eigenvalue weighted by molar-refractivity contribution is -0.387. The zero-order chi connectivity index (χ0) is 24.4. The number of carbonyl (C=O) groups excluding carboxylic acids is 2. The third kappa shape index (κ3) is 5.95. The number of esters is 1. The minimum Gasteiger partial charge on any atom is -0.449 e. The van der Waals surface area contributed by atoms with E-state index in [0.717, 1.165) is 31.4 Å². The van der Waals surface area contributed by atoms with E-state index < -0.39 is 60.6 Å². The highest BCUT2D eigenvalue weighted by Crippen LogP contribution is 2.34. The maximum atomic E-state index is 12.8. The molecule has 2 aromatic carbocycles. The number of nitrogens with zero attached hydrogens (tertiary/aromatic N) is 1. The second kappa shape index (κ2) is 9.12. The Morgan fingerprint density at radius 1 is 1.19 bits per heavy atom. The van der Waals surface area contributed by atoms with Gasteiger partial charge in [0.25, 0.3) is 11.6 Å². The number of halogens is 4. The topological polar surface area (TPSA) is 133 Å². The first-order valence-electron chi connectivity index (χ1n) is 8.48. The Hall–Kier alpha value is -3.19.